The monoisotopic (exact) mass is 290 g/mol. The minimum Gasteiger partial charge on any atom is -0.490 e. The zero-order valence-corrected chi connectivity index (χ0v) is 11.9. The quantitative estimate of drug-likeness (QED) is 0.857. The van der Waals surface area contributed by atoms with Gasteiger partial charge < -0.3 is 15.5 Å². The van der Waals surface area contributed by atoms with Gasteiger partial charge in [-0.3, -0.25) is 4.79 Å². The lowest BCUT2D eigenvalue weighted by atomic mass is 10.0. The summed E-state index contributed by atoms with van der Waals surface area (Å²) in [6.07, 6.45) is 1.19. The number of hydrogen-bond acceptors (Lipinski definition) is 3. The number of pyridine rings is 1. The fourth-order valence-electron chi connectivity index (χ4n) is 2.01. The number of hydrogen-bond donors (Lipinski definition) is 2. The highest BCUT2D eigenvalue weighted by molar-refractivity contribution is 5.65. The molecule has 1 aromatic heterocycles. The minimum atomic E-state index is -1.20. The van der Waals surface area contributed by atoms with E-state index in [0.717, 1.165) is 17.5 Å². The molecule has 0 saturated carbocycles. The predicted molar refractivity (Wildman–Crippen MR) is 81.3 cm³/mol. The zero-order valence-electron chi connectivity index (χ0n) is 11.9. The van der Waals surface area contributed by atoms with Crippen LogP contribution in [0.2, 0.25) is 0 Å². The van der Waals surface area contributed by atoms with Crippen LogP contribution in [0.25, 0.3) is 11.1 Å². The van der Waals surface area contributed by atoms with Crippen molar-refractivity contribution in [2.75, 3.05) is 13.2 Å². The molecule has 0 unspecified atom stereocenters. The first-order chi connectivity index (χ1) is 10.1. The Morgan fingerprint density at radius 1 is 1.38 bits per heavy atom. The third-order valence-electron chi connectivity index (χ3n) is 3.19. The summed E-state index contributed by atoms with van der Waals surface area (Å²) in [5.41, 5.74) is 7.41. The van der Waals surface area contributed by atoms with Gasteiger partial charge in [-0.25, -0.2) is 4.39 Å². The van der Waals surface area contributed by atoms with Gasteiger partial charge in [0.05, 0.1) is 0 Å². The highest BCUT2D eigenvalue weighted by Crippen LogP contribution is 2.24. The molecule has 0 aliphatic rings. The third-order valence-corrected chi connectivity index (χ3v) is 3.19. The number of alkyl halides is 1. The molecule has 1 aromatic carbocycles. The number of H-pyrrole nitrogens is 1. The van der Waals surface area contributed by atoms with Crippen LogP contribution >= 0.6 is 0 Å². The molecule has 0 fully saturated rings. The second kappa shape index (κ2) is 7.04. The number of aromatic amines is 1. The molecule has 0 amide bonds. The fraction of sp³-hybridized carbons (Fsp3) is 0.312. The van der Waals surface area contributed by atoms with Crippen molar-refractivity contribution in [1.29, 1.82) is 0 Å². The summed E-state index contributed by atoms with van der Waals surface area (Å²) in [7, 11) is 0. The van der Waals surface area contributed by atoms with Crippen molar-refractivity contribution in [3.8, 4) is 16.9 Å². The molecule has 0 spiro atoms. The summed E-state index contributed by atoms with van der Waals surface area (Å²) in [5, 5.41) is 0. The summed E-state index contributed by atoms with van der Waals surface area (Å²) in [6, 6.07) is 9.04. The van der Waals surface area contributed by atoms with Gasteiger partial charge in [0, 0.05) is 18.3 Å². The summed E-state index contributed by atoms with van der Waals surface area (Å²) < 4.78 is 18.6. The van der Waals surface area contributed by atoms with Crippen LogP contribution in [0.5, 0.6) is 5.75 Å². The van der Waals surface area contributed by atoms with Gasteiger partial charge in [-0.2, -0.15) is 0 Å². The lowest BCUT2D eigenvalue weighted by Crippen LogP contribution is -2.22. The number of benzene rings is 1. The summed E-state index contributed by atoms with van der Waals surface area (Å²) in [6.45, 7) is 1.85. The number of nitrogens with one attached hydrogen (secondary N) is 1. The minimum absolute atomic E-state index is 0.0708. The molecular weight excluding hydrogens is 271 g/mol. The average molecular weight is 290 g/mol. The molecule has 0 aliphatic carbocycles. The number of aromatic nitrogens is 1. The van der Waals surface area contributed by atoms with E-state index < -0.39 is 6.17 Å². The van der Waals surface area contributed by atoms with Gasteiger partial charge in [0.1, 0.15) is 18.5 Å². The number of aryl methyl sites for hydroxylation is 1. The van der Waals surface area contributed by atoms with Crippen LogP contribution in [0.15, 0.2) is 41.3 Å². The summed E-state index contributed by atoms with van der Waals surface area (Å²) in [5.74, 6) is 0.545. The lowest BCUT2D eigenvalue weighted by Gasteiger charge is -2.12. The van der Waals surface area contributed by atoms with Crippen LogP contribution in [0, 0.1) is 0 Å². The molecule has 4 nitrogen and oxygen atoms in total. The van der Waals surface area contributed by atoms with Crippen molar-refractivity contribution in [2.24, 2.45) is 5.73 Å². The van der Waals surface area contributed by atoms with Gasteiger partial charge in [-0.05, 0) is 41.8 Å². The smallest absolute Gasteiger partial charge is 0.255 e. The van der Waals surface area contributed by atoms with Crippen molar-refractivity contribution in [3.63, 3.8) is 0 Å². The standard InChI is InChI=1S/C16H19FN2O2/c1-2-11-6-12(15-4-3-5-19-16(15)20)8-14(7-11)21-10-13(17)9-18/h3-8,13H,2,9-10,18H2,1H3,(H,19,20)/t13-/m1/s1. The molecule has 5 heteroatoms. The number of rotatable bonds is 6. The molecule has 1 heterocycles. The molecule has 2 aromatic rings. The van der Waals surface area contributed by atoms with Crippen molar-refractivity contribution in [1.82, 2.24) is 4.98 Å². The van der Waals surface area contributed by atoms with Gasteiger partial charge in [0.2, 0.25) is 0 Å². The molecule has 0 aliphatic heterocycles. The number of halogens is 1. The van der Waals surface area contributed by atoms with E-state index in [0.29, 0.717) is 11.3 Å². The highest BCUT2D eigenvalue weighted by atomic mass is 19.1. The Bertz CT molecular complexity index is 655. The molecule has 21 heavy (non-hydrogen) atoms. The molecule has 0 saturated heterocycles. The Hall–Kier alpha value is -2.14. The van der Waals surface area contributed by atoms with E-state index in [-0.39, 0.29) is 18.7 Å². The SMILES string of the molecule is CCc1cc(OC[C@H](F)CN)cc(-c2ccc[nH]c2=O)c1. The number of ether oxygens (including phenoxy) is 1. The Morgan fingerprint density at radius 2 is 2.19 bits per heavy atom. The topological polar surface area (TPSA) is 68.1 Å². The molecule has 2 rings (SSSR count). The van der Waals surface area contributed by atoms with Gasteiger partial charge >= 0.3 is 0 Å². The first kappa shape index (κ1) is 15.3. The first-order valence-corrected chi connectivity index (χ1v) is 6.93. The van der Waals surface area contributed by atoms with Crippen molar-refractivity contribution >= 4 is 0 Å². The van der Waals surface area contributed by atoms with Crippen molar-refractivity contribution < 1.29 is 9.13 Å². The molecular formula is C16H19FN2O2. The Labute approximate surface area is 122 Å². The van der Waals surface area contributed by atoms with Crippen molar-refractivity contribution in [3.05, 3.63) is 52.4 Å². The zero-order chi connectivity index (χ0) is 15.2. The van der Waals surface area contributed by atoms with Gasteiger partial charge in [0.15, 0.2) is 0 Å². The average Bonchev–Trinajstić information content (AvgIpc) is 2.52. The molecule has 0 radical (unpaired) electrons. The molecule has 112 valence electrons. The Kier molecular flexibility index (Phi) is 5.11. The second-order valence-corrected chi connectivity index (χ2v) is 4.78. The van der Waals surface area contributed by atoms with Crippen LogP contribution in [0.4, 0.5) is 4.39 Å². The maximum Gasteiger partial charge on any atom is 0.255 e. The largest absolute Gasteiger partial charge is 0.490 e. The van der Waals surface area contributed by atoms with Gasteiger partial charge in [-0.1, -0.05) is 13.0 Å². The Morgan fingerprint density at radius 3 is 2.86 bits per heavy atom. The van der Waals surface area contributed by atoms with E-state index in [9.17, 15) is 9.18 Å². The number of nitrogens with two attached hydrogens (primary N) is 1. The lowest BCUT2D eigenvalue weighted by molar-refractivity contribution is 0.201. The normalized spacial score (nSPS) is 12.1. The van der Waals surface area contributed by atoms with E-state index in [2.05, 4.69) is 4.98 Å². The van der Waals surface area contributed by atoms with E-state index in [1.165, 1.54) is 0 Å². The Balaban J connectivity index is 2.34. The summed E-state index contributed by atoms with van der Waals surface area (Å²) in [4.78, 5) is 14.5. The maximum atomic E-state index is 13.2. The van der Waals surface area contributed by atoms with Crippen LogP contribution in [-0.4, -0.2) is 24.3 Å². The maximum absolute atomic E-state index is 13.2. The molecule has 0 bridgehead atoms. The second-order valence-electron chi connectivity index (χ2n) is 4.78. The summed E-state index contributed by atoms with van der Waals surface area (Å²) >= 11 is 0. The van der Waals surface area contributed by atoms with E-state index >= 15 is 0 Å². The third kappa shape index (κ3) is 3.92. The van der Waals surface area contributed by atoms with E-state index in [4.69, 9.17) is 10.5 Å². The van der Waals surface area contributed by atoms with Crippen LogP contribution in [-0.2, 0) is 6.42 Å². The van der Waals surface area contributed by atoms with E-state index in [1.807, 2.05) is 19.1 Å². The van der Waals surface area contributed by atoms with Crippen LogP contribution in [0.1, 0.15) is 12.5 Å². The van der Waals surface area contributed by atoms with Crippen LogP contribution in [0.3, 0.4) is 0 Å². The first-order valence-electron chi connectivity index (χ1n) is 6.93. The molecule has 3 N–H and O–H groups in total. The highest BCUT2D eigenvalue weighted by Gasteiger charge is 2.09. The van der Waals surface area contributed by atoms with Crippen molar-refractivity contribution in [2.45, 2.75) is 19.5 Å². The molecule has 1 atom stereocenters. The van der Waals surface area contributed by atoms with Gasteiger partial charge in [-0.15, -0.1) is 0 Å². The van der Waals surface area contributed by atoms with Crippen LogP contribution < -0.4 is 16.0 Å². The van der Waals surface area contributed by atoms with E-state index in [1.54, 1.807) is 24.4 Å². The fourth-order valence-corrected chi connectivity index (χ4v) is 2.01. The predicted octanol–water partition coefficient (Wildman–Crippen LogP) is 2.28. The van der Waals surface area contributed by atoms with Gasteiger partial charge in [0.25, 0.3) is 5.56 Å².